The normalized spacial score (nSPS) is 22.1. The van der Waals surface area contributed by atoms with Crippen LogP contribution in [0.2, 0.25) is 0 Å². The van der Waals surface area contributed by atoms with Crippen molar-refractivity contribution in [2.45, 2.75) is 40.0 Å². The van der Waals surface area contributed by atoms with Gasteiger partial charge in [0.25, 0.3) is 0 Å². The van der Waals surface area contributed by atoms with Crippen molar-refractivity contribution in [2.24, 2.45) is 5.41 Å². The summed E-state index contributed by atoms with van der Waals surface area (Å²) >= 11 is 1.43. The van der Waals surface area contributed by atoms with Crippen LogP contribution in [0.25, 0.3) is 0 Å². The first-order valence-corrected chi connectivity index (χ1v) is 7.93. The minimum Gasteiger partial charge on any atom is -0.481 e. The molecule has 2 N–H and O–H groups in total. The number of carboxylic acids is 1. The summed E-state index contributed by atoms with van der Waals surface area (Å²) in [6.45, 7) is 6.56. The zero-order valence-corrected chi connectivity index (χ0v) is 13.4. The van der Waals surface area contributed by atoms with Crippen LogP contribution in [0.1, 0.15) is 36.8 Å². The molecule has 1 aliphatic rings. The first-order chi connectivity index (χ1) is 9.88. The van der Waals surface area contributed by atoms with E-state index in [-0.39, 0.29) is 12.6 Å². The van der Waals surface area contributed by atoms with E-state index in [9.17, 15) is 14.7 Å². The van der Waals surface area contributed by atoms with Gasteiger partial charge in [-0.3, -0.25) is 10.1 Å². The Morgan fingerprint density at radius 3 is 2.71 bits per heavy atom. The number of amides is 2. The first-order valence-electron chi connectivity index (χ1n) is 7.11. The number of carbonyl (C=O) groups is 2. The van der Waals surface area contributed by atoms with Gasteiger partial charge in [-0.2, -0.15) is 0 Å². The van der Waals surface area contributed by atoms with Gasteiger partial charge in [-0.15, -0.1) is 11.3 Å². The SMILES string of the molecule is CCC1(C(=O)O)CCCN(C(=O)Nc2nc(C)c(C)s2)C1. The topological polar surface area (TPSA) is 82.5 Å². The Morgan fingerprint density at radius 1 is 1.48 bits per heavy atom. The van der Waals surface area contributed by atoms with E-state index in [2.05, 4.69) is 10.3 Å². The van der Waals surface area contributed by atoms with Gasteiger partial charge in [0.2, 0.25) is 0 Å². The summed E-state index contributed by atoms with van der Waals surface area (Å²) in [6.07, 6.45) is 1.86. The standard InChI is InChI=1S/C14H21N3O3S/c1-4-14(11(18)19)6-5-7-17(8-14)13(20)16-12-15-9(2)10(3)21-12/h4-8H2,1-3H3,(H,18,19)(H,15,16,20). The smallest absolute Gasteiger partial charge is 0.323 e. The molecule has 2 heterocycles. The molecular formula is C14H21N3O3S. The highest BCUT2D eigenvalue weighted by molar-refractivity contribution is 7.15. The number of hydrogen-bond donors (Lipinski definition) is 2. The molecule has 1 aromatic heterocycles. The van der Waals surface area contributed by atoms with Crippen molar-refractivity contribution in [3.63, 3.8) is 0 Å². The highest BCUT2D eigenvalue weighted by Crippen LogP contribution is 2.34. The van der Waals surface area contributed by atoms with E-state index in [1.165, 1.54) is 11.3 Å². The number of carbonyl (C=O) groups excluding carboxylic acids is 1. The number of anilines is 1. The fourth-order valence-corrected chi connectivity index (χ4v) is 3.42. The second-order valence-electron chi connectivity index (χ2n) is 5.55. The number of aliphatic carboxylic acids is 1. The minimum absolute atomic E-state index is 0.258. The predicted molar refractivity (Wildman–Crippen MR) is 81.8 cm³/mol. The van der Waals surface area contributed by atoms with Crippen molar-refractivity contribution >= 4 is 28.5 Å². The number of nitrogens with zero attached hydrogens (tertiary/aromatic N) is 2. The predicted octanol–water partition coefficient (Wildman–Crippen LogP) is 2.87. The monoisotopic (exact) mass is 311 g/mol. The molecule has 0 radical (unpaired) electrons. The van der Waals surface area contributed by atoms with Crippen LogP contribution in [0.15, 0.2) is 0 Å². The number of likely N-dealkylation sites (tertiary alicyclic amines) is 1. The van der Waals surface area contributed by atoms with Crippen LogP contribution >= 0.6 is 11.3 Å². The number of rotatable bonds is 3. The summed E-state index contributed by atoms with van der Waals surface area (Å²) in [6, 6.07) is -0.262. The second-order valence-corrected chi connectivity index (χ2v) is 6.76. The molecule has 1 aliphatic heterocycles. The quantitative estimate of drug-likeness (QED) is 0.899. The molecule has 0 spiro atoms. The molecule has 1 atom stereocenters. The molecule has 2 amide bonds. The lowest BCUT2D eigenvalue weighted by Gasteiger charge is -2.39. The van der Waals surface area contributed by atoms with Crippen molar-refractivity contribution in [1.29, 1.82) is 0 Å². The van der Waals surface area contributed by atoms with Crippen molar-refractivity contribution in [3.05, 3.63) is 10.6 Å². The van der Waals surface area contributed by atoms with Crippen LogP contribution < -0.4 is 5.32 Å². The fourth-order valence-electron chi connectivity index (χ4n) is 2.62. The lowest BCUT2D eigenvalue weighted by atomic mass is 9.78. The van der Waals surface area contributed by atoms with Gasteiger partial charge < -0.3 is 10.0 Å². The van der Waals surface area contributed by atoms with Gasteiger partial charge in [-0.05, 0) is 33.1 Å². The highest BCUT2D eigenvalue weighted by Gasteiger charge is 2.42. The van der Waals surface area contributed by atoms with Crippen molar-refractivity contribution in [3.8, 4) is 0 Å². The van der Waals surface area contributed by atoms with Crippen LogP contribution in [-0.4, -0.2) is 40.1 Å². The lowest BCUT2D eigenvalue weighted by molar-refractivity contribution is -0.152. The molecule has 0 aliphatic carbocycles. The Hall–Kier alpha value is -1.63. The Labute approximate surface area is 128 Å². The van der Waals surface area contributed by atoms with Gasteiger partial charge >= 0.3 is 12.0 Å². The summed E-state index contributed by atoms with van der Waals surface area (Å²) in [5.74, 6) is -0.816. The molecule has 1 aromatic rings. The molecule has 6 nitrogen and oxygen atoms in total. The Balaban J connectivity index is 2.07. The van der Waals surface area contributed by atoms with Crippen LogP contribution in [0, 0.1) is 19.3 Å². The molecule has 0 bridgehead atoms. The molecule has 1 unspecified atom stereocenters. The number of thiazole rings is 1. The van der Waals surface area contributed by atoms with Crippen molar-refractivity contribution in [2.75, 3.05) is 18.4 Å². The van der Waals surface area contributed by atoms with Crippen molar-refractivity contribution in [1.82, 2.24) is 9.88 Å². The highest BCUT2D eigenvalue weighted by atomic mass is 32.1. The van der Waals surface area contributed by atoms with Gasteiger partial charge in [0.15, 0.2) is 5.13 Å². The molecule has 7 heteroatoms. The third-order valence-electron chi connectivity index (χ3n) is 4.24. The summed E-state index contributed by atoms with van der Waals surface area (Å²) in [5.41, 5.74) is 0.0898. The van der Waals surface area contributed by atoms with Crippen LogP contribution in [0.5, 0.6) is 0 Å². The molecular weight excluding hydrogens is 290 g/mol. The number of carboxylic acid groups (broad SMARTS) is 1. The Morgan fingerprint density at radius 2 is 2.19 bits per heavy atom. The number of nitrogens with one attached hydrogen (secondary N) is 1. The van der Waals surface area contributed by atoms with Crippen LogP contribution in [-0.2, 0) is 4.79 Å². The van der Waals surface area contributed by atoms with Crippen LogP contribution in [0.4, 0.5) is 9.93 Å². The lowest BCUT2D eigenvalue weighted by Crippen LogP contribution is -2.50. The average Bonchev–Trinajstić information content (AvgIpc) is 2.77. The molecule has 21 heavy (non-hydrogen) atoms. The number of hydrogen-bond acceptors (Lipinski definition) is 4. The van der Waals surface area contributed by atoms with Gasteiger partial charge in [-0.1, -0.05) is 6.92 Å². The molecule has 116 valence electrons. The molecule has 0 aromatic carbocycles. The fraction of sp³-hybridized carbons (Fsp3) is 0.643. The second kappa shape index (κ2) is 6.01. The van der Waals surface area contributed by atoms with Crippen molar-refractivity contribution < 1.29 is 14.7 Å². The van der Waals surface area contributed by atoms with E-state index in [1.807, 2.05) is 20.8 Å². The van der Waals surface area contributed by atoms with Gasteiger partial charge in [0.1, 0.15) is 0 Å². The molecule has 1 saturated heterocycles. The van der Waals surface area contributed by atoms with Crippen LogP contribution in [0.3, 0.4) is 0 Å². The maximum absolute atomic E-state index is 12.3. The van der Waals surface area contributed by atoms with E-state index in [0.717, 1.165) is 10.6 Å². The summed E-state index contributed by atoms with van der Waals surface area (Å²) in [5, 5.41) is 12.8. The summed E-state index contributed by atoms with van der Waals surface area (Å²) in [7, 11) is 0. The number of urea groups is 1. The van der Waals surface area contributed by atoms with E-state index >= 15 is 0 Å². The van der Waals surface area contributed by atoms with E-state index in [4.69, 9.17) is 0 Å². The molecule has 0 saturated carbocycles. The Bertz CT molecular complexity index is 538. The van der Waals surface area contributed by atoms with E-state index < -0.39 is 11.4 Å². The van der Waals surface area contributed by atoms with E-state index in [1.54, 1.807) is 4.90 Å². The number of piperidine rings is 1. The summed E-state index contributed by atoms with van der Waals surface area (Å²) in [4.78, 5) is 30.8. The maximum atomic E-state index is 12.3. The zero-order chi connectivity index (χ0) is 15.6. The number of aromatic nitrogens is 1. The largest absolute Gasteiger partial charge is 0.481 e. The third-order valence-corrected chi connectivity index (χ3v) is 5.23. The Kier molecular flexibility index (Phi) is 4.51. The van der Waals surface area contributed by atoms with E-state index in [0.29, 0.717) is 30.9 Å². The third kappa shape index (κ3) is 3.18. The zero-order valence-electron chi connectivity index (χ0n) is 12.6. The van der Waals surface area contributed by atoms with Gasteiger partial charge in [0, 0.05) is 18.0 Å². The van der Waals surface area contributed by atoms with Gasteiger partial charge in [0.05, 0.1) is 11.1 Å². The van der Waals surface area contributed by atoms with Gasteiger partial charge in [-0.25, -0.2) is 9.78 Å². The maximum Gasteiger partial charge on any atom is 0.323 e. The summed E-state index contributed by atoms with van der Waals surface area (Å²) < 4.78 is 0. The minimum atomic E-state index is -0.816. The first kappa shape index (κ1) is 15.8. The molecule has 1 fully saturated rings. The number of aryl methyl sites for hydroxylation is 2. The average molecular weight is 311 g/mol. The molecule has 2 rings (SSSR count).